The first-order valence-corrected chi connectivity index (χ1v) is 8.50. The molecule has 0 unspecified atom stereocenters. The van der Waals surface area contributed by atoms with Crippen molar-refractivity contribution in [2.75, 3.05) is 26.1 Å². The van der Waals surface area contributed by atoms with Crippen molar-refractivity contribution in [2.24, 2.45) is 0 Å². The first kappa shape index (κ1) is 20.1. The van der Waals surface area contributed by atoms with Gasteiger partial charge in [0.05, 0.1) is 26.5 Å². The number of aromatic hydroxyl groups is 1. The summed E-state index contributed by atoms with van der Waals surface area (Å²) in [7, 11) is 2.78. The molecule has 0 saturated carbocycles. The largest absolute Gasteiger partial charge is 0.505 e. The van der Waals surface area contributed by atoms with Gasteiger partial charge < -0.3 is 24.6 Å². The van der Waals surface area contributed by atoms with Crippen molar-refractivity contribution in [3.63, 3.8) is 0 Å². The molecule has 0 fully saturated rings. The van der Waals surface area contributed by atoms with Gasteiger partial charge in [-0.15, -0.1) is 0 Å². The number of benzene rings is 2. The average molecular weight is 373 g/mol. The number of rotatable bonds is 8. The predicted molar refractivity (Wildman–Crippen MR) is 101 cm³/mol. The van der Waals surface area contributed by atoms with Crippen LogP contribution >= 0.6 is 0 Å². The standard InChI is InChI=1S/C20H23NO6/c1-4-27-16-10-8-13(12-17(16)25-2)9-11-18(22)21-15-7-5-6-14(19(15)23)20(24)26-3/h5-8,10,12,23H,4,9,11H2,1-3H3,(H,21,22). The number of methoxy groups -OCH3 is 2. The minimum absolute atomic E-state index is 0.00782. The lowest BCUT2D eigenvalue weighted by Gasteiger charge is -2.12. The van der Waals surface area contributed by atoms with E-state index in [1.165, 1.54) is 19.2 Å². The second-order valence-electron chi connectivity index (χ2n) is 5.66. The minimum Gasteiger partial charge on any atom is -0.505 e. The maximum absolute atomic E-state index is 12.2. The molecule has 0 radical (unpaired) electrons. The van der Waals surface area contributed by atoms with E-state index in [2.05, 4.69) is 10.1 Å². The molecule has 7 nitrogen and oxygen atoms in total. The number of carbonyl (C=O) groups excluding carboxylic acids is 2. The van der Waals surface area contributed by atoms with Crippen molar-refractivity contribution in [3.05, 3.63) is 47.5 Å². The average Bonchev–Trinajstić information content (AvgIpc) is 2.68. The van der Waals surface area contributed by atoms with Gasteiger partial charge in [-0.05, 0) is 43.2 Å². The Labute approximate surface area is 157 Å². The first-order valence-electron chi connectivity index (χ1n) is 8.50. The normalized spacial score (nSPS) is 10.2. The van der Waals surface area contributed by atoms with Gasteiger partial charge in [-0.25, -0.2) is 4.79 Å². The fourth-order valence-corrected chi connectivity index (χ4v) is 2.53. The highest BCUT2D eigenvalue weighted by atomic mass is 16.5. The molecule has 0 aliphatic carbocycles. The summed E-state index contributed by atoms with van der Waals surface area (Å²) in [5, 5.41) is 12.7. The Bertz CT molecular complexity index is 818. The van der Waals surface area contributed by atoms with Crippen molar-refractivity contribution in [2.45, 2.75) is 19.8 Å². The molecule has 0 saturated heterocycles. The number of aryl methyl sites for hydroxylation is 1. The Kier molecular flexibility index (Phi) is 7.05. The van der Waals surface area contributed by atoms with Gasteiger partial charge in [-0.2, -0.15) is 0 Å². The summed E-state index contributed by atoms with van der Waals surface area (Å²) in [5.41, 5.74) is 1.07. The van der Waals surface area contributed by atoms with Crippen molar-refractivity contribution >= 4 is 17.6 Å². The van der Waals surface area contributed by atoms with Crippen LogP contribution in [0.25, 0.3) is 0 Å². The van der Waals surface area contributed by atoms with Crippen molar-refractivity contribution in [3.8, 4) is 17.2 Å². The molecule has 7 heteroatoms. The molecule has 0 atom stereocenters. The fraction of sp³-hybridized carbons (Fsp3) is 0.300. The molecule has 1 amide bonds. The number of amides is 1. The van der Waals surface area contributed by atoms with Crippen molar-refractivity contribution < 1.29 is 28.9 Å². The van der Waals surface area contributed by atoms with E-state index in [1.54, 1.807) is 19.2 Å². The van der Waals surface area contributed by atoms with Crippen LogP contribution in [0.3, 0.4) is 0 Å². The highest BCUT2D eigenvalue weighted by Crippen LogP contribution is 2.30. The Morgan fingerprint density at radius 1 is 1.11 bits per heavy atom. The number of anilines is 1. The summed E-state index contributed by atoms with van der Waals surface area (Å²) in [4.78, 5) is 23.8. The third-order valence-electron chi connectivity index (χ3n) is 3.88. The van der Waals surface area contributed by atoms with Gasteiger partial charge in [0.25, 0.3) is 0 Å². The summed E-state index contributed by atoms with van der Waals surface area (Å²) in [6, 6.07) is 9.99. The second kappa shape index (κ2) is 9.47. The number of carbonyl (C=O) groups is 2. The van der Waals surface area contributed by atoms with E-state index in [1.807, 2.05) is 19.1 Å². The van der Waals surface area contributed by atoms with Gasteiger partial charge in [0.15, 0.2) is 17.2 Å². The monoisotopic (exact) mass is 373 g/mol. The highest BCUT2D eigenvalue weighted by molar-refractivity contribution is 5.98. The summed E-state index contributed by atoms with van der Waals surface area (Å²) >= 11 is 0. The van der Waals surface area contributed by atoms with Crippen LogP contribution in [-0.4, -0.2) is 37.8 Å². The fourth-order valence-electron chi connectivity index (χ4n) is 2.53. The number of phenols is 1. The highest BCUT2D eigenvalue weighted by Gasteiger charge is 2.16. The van der Waals surface area contributed by atoms with E-state index in [0.29, 0.717) is 24.5 Å². The molecule has 2 aromatic rings. The molecule has 2 rings (SSSR count). The molecular weight excluding hydrogens is 350 g/mol. The van der Waals surface area contributed by atoms with Crippen molar-refractivity contribution in [1.82, 2.24) is 0 Å². The molecule has 0 aliphatic rings. The Morgan fingerprint density at radius 2 is 1.89 bits per heavy atom. The van der Waals surface area contributed by atoms with Crippen LogP contribution in [0.15, 0.2) is 36.4 Å². The van der Waals surface area contributed by atoms with Crippen LogP contribution in [0.4, 0.5) is 5.69 Å². The summed E-state index contributed by atoms with van der Waals surface area (Å²) in [5.74, 6) is -0.0263. The molecular formula is C20H23NO6. The SMILES string of the molecule is CCOc1ccc(CCC(=O)Nc2cccc(C(=O)OC)c2O)cc1OC. The number of hydrogen-bond donors (Lipinski definition) is 2. The van der Waals surface area contributed by atoms with E-state index in [9.17, 15) is 14.7 Å². The van der Waals surface area contributed by atoms with Crippen LogP contribution in [0, 0.1) is 0 Å². The van der Waals surface area contributed by atoms with Crippen LogP contribution < -0.4 is 14.8 Å². The molecule has 0 heterocycles. The molecule has 0 aromatic heterocycles. The number of esters is 1. The number of nitrogens with one attached hydrogen (secondary N) is 1. The lowest BCUT2D eigenvalue weighted by Crippen LogP contribution is -2.13. The van der Waals surface area contributed by atoms with Gasteiger partial charge >= 0.3 is 5.97 Å². The smallest absolute Gasteiger partial charge is 0.341 e. The molecule has 27 heavy (non-hydrogen) atoms. The first-order chi connectivity index (χ1) is 13.0. The third-order valence-corrected chi connectivity index (χ3v) is 3.88. The quantitative estimate of drug-likeness (QED) is 0.545. The van der Waals surface area contributed by atoms with Gasteiger partial charge in [0.2, 0.25) is 5.91 Å². The Hall–Kier alpha value is -3.22. The maximum Gasteiger partial charge on any atom is 0.341 e. The van der Waals surface area contributed by atoms with Crippen molar-refractivity contribution in [1.29, 1.82) is 0 Å². The summed E-state index contributed by atoms with van der Waals surface area (Å²) < 4.78 is 15.4. The molecule has 0 spiro atoms. The Morgan fingerprint density at radius 3 is 2.56 bits per heavy atom. The van der Waals surface area contributed by atoms with Gasteiger partial charge in [-0.3, -0.25) is 4.79 Å². The lowest BCUT2D eigenvalue weighted by molar-refractivity contribution is -0.116. The summed E-state index contributed by atoms with van der Waals surface area (Å²) in [6.07, 6.45) is 0.672. The van der Waals surface area contributed by atoms with Gasteiger partial charge in [-0.1, -0.05) is 12.1 Å². The van der Waals surface area contributed by atoms with Crippen LogP contribution in [-0.2, 0) is 16.0 Å². The predicted octanol–water partition coefficient (Wildman–Crippen LogP) is 3.16. The summed E-state index contributed by atoms with van der Waals surface area (Å²) in [6.45, 7) is 2.43. The lowest BCUT2D eigenvalue weighted by atomic mass is 10.1. The zero-order valence-electron chi connectivity index (χ0n) is 15.6. The molecule has 2 aromatic carbocycles. The molecule has 0 aliphatic heterocycles. The van der Waals surface area contributed by atoms with E-state index >= 15 is 0 Å². The topological polar surface area (TPSA) is 94.1 Å². The Balaban J connectivity index is 2.02. The van der Waals surface area contributed by atoms with Crippen LogP contribution in [0.1, 0.15) is 29.3 Å². The number of para-hydroxylation sites is 1. The molecule has 0 bridgehead atoms. The van der Waals surface area contributed by atoms with Crippen LogP contribution in [0.2, 0.25) is 0 Å². The number of ether oxygens (including phenoxy) is 3. The van der Waals surface area contributed by atoms with E-state index in [4.69, 9.17) is 9.47 Å². The maximum atomic E-state index is 12.2. The minimum atomic E-state index is -0.676. The van der Waals surface area contributed by atoms with E-state index in [-0.39, 0.29) is 29.3 Å². The zero-order valence-corrected chi connectivity index (χ0v) is 15.6. The molecule has 2 N–H and O–H groups in total. The van der Waals surface area contributed by atoms with Gasteiger partial charge in [0.1, 0.15) is 5.56 Å². The third kappa shape index (κ3) is 5.13. The van der Waals surface area contributed by atoms with Gasteiger partial charge in [0, 0.05) is 6.42 Å². The van der Waals surface area contributed by atoms with E-state index in [0.717, 1.165) is 5.56 Å². The number of phenolic OH excluding ortho intramolecular Hbond substituents is 1. The zero-order chi connectivity index (χ0) is 19.8. The molecule has 144 valence electrons. The van der Waals surface area contributed by atoms with Crippen LogP contribution in [0.5, 0.6) is 17.2 Å². The van der Waals surface area contributed by atoms with E-state index < -0.39 is 5.97 Å². The number of hydrogen-bond acceptors (Lipinski definition) is 6. The second-order valence-corrected chi connectivity index (χ2v) is 5.66.